The minimum absolute atomic E-state index is 0.110. The lowest BCUT2D eigenvalue weighted by Crippen LogP contribution is -2.40. The fraction of sp³-hybridized carbons (Fsp3) is 0.421. The van der Waals surface area contributed by atoms with E-state index < -0.39 is 0 Å². The van der Waals surface area contributed by atoms with Crippen LogP contribution in [0.1, 0.15) is 41.4 Å². The van der Waals surface area contributed by atoms with Crippen LogP contribution in [0.4, 0.5) is 0 Å². The van der Waals surface area contributed by atoms with Crippen molar-refractivity contribution in [2.75, 3.05) is 26.2 Å². The fourth-order valence-electron chi connectivity index (χ4n) is 3.18. The second kappa shape index (κ2) is 8.60. The van der Waals surface area contributed by atoms with E-state index >= 15 is 0 Å². The molecular weight excluding hydrogens is 368 g/mol. The summed E-state index contributed by atoms with van der Waals surface area (Å²) in [6.45, 7) is 3.24. The predicted molar refractivity (Wildman–Crippen MR) is 98.2 cm³/mol. The lowest BCUT2D eigenvalue weighted by molar-refractivity contribution is 0.0980. The summed E-state index contributed by atoms with van der Waals surface area (Å²) in [5.74, 6) is 1.08. The second-order valence-electron chi connectivity index (χ2n) is 6.19. The fourth-order valence-corrected chi connectivity index (χ4v) is 3.45. The van der Waals surface area contributed by atoms with Crippen LogP contribution in [0.15, 0.2) is 51.6 Å². The topological polar surface area (TPSA) is 45.5 Å². The van der Waals surface area contributed by atoms with Crippen molar-refractivity contribution in [2.45, 2.75) is 25.3 Å². The molecule has 0 amide bonds. The zero-order chi connectivity index (χ0) is 16.8. The predicted octanol–water partition coefficient (Wildman–Crippen LogP) is 4.04. The summed E-state index contributed by atoms with van der Waals surface area (Å²) in [5, 5.41) is 3.32. The maximum absolute atomic E-state index is 12.3. The van der Waals surface area contributed by atoms with Gasteiger partial charge in [0.15, 0.2) is 5.78 Å². The number of carbonyl (C=O) groups excluding carboxylic acids is 1. The number of likely N-dealkylation sites (tertiary alicyclic amines) is 1. The lowest BCUT2D eigenvalue weighted by atomic mass is 10.1. The molecule has 0 bridgehead atoms. The summed E-state index contributed by atoms with van der Waals surface area (Å²) in [4.78, 5) is 14.7. The molecule has 1 atom stereocenters. The van der Waals surface area contributed by atoms with Crippen molar-refractivity contribution in [3.8, 4) is 0 Å². The molecule has 1 fully saturated rings. The van der Waals surface area contributed by atoms with Gasteiger partial charge in [0, 0.05) is 16.6 Å². The Morgan fingerprint density at radius 1 is 1.17 bits per heavy atom. The number of nitrogens with zero attached hydrogens (tertiary/aromatic N) is 1. The highest BCUT2D eigenvalue weighted by molar-refractivity contribution is 9.10. The molecule has 128 valence electrons. The van der Waals surface area contributed by atoms with E-state index in [2.05, 4.69) is 26.1 Å². The monoisotopic (exact) mass is 390 g/mol. The molecule has 24 heavy (non-hydrogen) atoms. The van der Waals surface area contributed by atoms with Crippen molar-refractivity contribution >= 4 is 21.7 Å². The van der Waals surface area contributed by atoms with Gasteiger partial charge in [-0.3, -0.25) is 9.69 Å². The average molecular weight is 391 g/mol. The van der Waals surface area contributed by atoms with E-state index in [1.54, 1.807) is 6.26 Å². The number of nitrogens with one attached hydrogen (secondary N) is 1. The molecule has 2 heterocycles. The smallest absolute Gasteiger partial charge is 0.176 e. The van der Waals surface area contributed by atoms with Gasteiger partial charge in [-0.05, 0) is 50.2 Å². The summed E-state index contributed by atoms with van der Waals surface area (Å²) in [5.41, 5.74) is 0.734. The molecule has 0 aliphatic carbocycles. The Hall–Kier alpha value is -1.43. The molecule has 1 saturated heterocycles. The third-order valence-electron chi connectivity index (χ3n) is 4.49. The van der Waals surface area contributed by atoms with Crippen LogP contribution in [-0.2, 0) is 0 Å². The molecule has 3 rings (SSSR count). The van der Waals surface area contributed by atoms with Crippen LogP contribution in [-0.4, -0.2) is 36.9 Å². The van der Waals surface area contributed by atoms with E-state index in [4.69, 9.17) is 4.42 Å². The Morgan fingerprint density at radius 2 is 1.92 bits per heavy atom. The van der Waals surface area contributed by atoms with Crippen LogP contribution in [0.5, 0.6) is 0 Å². The Labute approximate surface area is 151 Å². The zero-order valence-electron chi connectivity index (χ0n) is 13.7. The standard InChI is InChI=1S/C19H23BrN2O2/c20-16-8-6-15(7-9-16)18(23)14-21-13-17(19-5-4-12-24-19)22-10-2-1-3-11-22/h4-9,12,17,21H,1-3,10-11,13-14H2. The van der Waals surface area contributed by atoms with Crippen molar-refractivity contribution in [2.24, 2.45) is 0 Å². The number of ketones is 1. The molecule has 4 nitrogen and oxygen atoms in total. The highest BCUT2D eigenvalue weighted by atomic mass is 79.9. The number of benzene rings is 1. The van der Waals surface area contributed by atoms with E-state index in [1.165, 1.54) is 19.3 Å². The van der Waals surface area contributed by atoms with Crippen LogP contribution in [0.25, 0.3) is 0 Å². The van der Waals surface area contributed by atoms with Crippen molar-refractivity contribution in [3.63, 3.8) is 0 Å². The average Bonchev–Trinajstić information content (AvgIpc) is 3.14. The second-order valence-corrected chi connectivity index (χ2v) is 7.10. The molecule has 2 aromatic rings. The van der Waals surface area contributed by atoms with Crippen molar-refractivity contribution in [1.29, 1.82) is 0 Å². The van der Waals surface area contributed by atoms with Gasteiger partial charge in [-0.25, -0.2) is 0 Å². The number of hydrogen-bond donors (Lipinski definition) is 1. The van der Waals surface area contributed by atoms with Crippen molar-refractivity contribution in [1.82, 2.24) is 10.2 Å². The lowest BCUT2D eigenvalue weighted by Gasteiger charge is -2.33. The van der Waals surface area contributed by atoms with Crippen molar-refractivity contribution in [3.05, 3.63) is 58.5 Å². The number of halogens is 1. The Balaban J connectivity index is 1.57. The molecule has 0 radical (unpaired) electrons. The van der Waals surface area contributed by atoms with Crippen LogP contribution in [0, 0.1) is 0 Å². The number of piperidine rings is 1. The van der Waals surface area contributed by atoms with Gasteiger partial charge in [-0.2, -0.15) is 0 Å². The maximum Gasteiger partial charge on any atom is 0.176 e. The Kier molecular flexibility index (Phi) is 6.24. The van der Waals surface area contributed by atoms with Crippen LogP contribution in [0.3, 0.4) is 0 Å². The van der Waals surface area contributed by atoms with Gasteiger partial charge in [0.1, 0.15) is 5.76 Å². The summed E-state index contributed by atoms with van der Waals surface area (Å²) in [7, 11) is 0. The van der Waals surface area contributed by atoms with Gasteiger partial charge < -0.3 is 9.73 Å². The molecule has 1 aliphatic heterocycles. The minimum Gasteiger partial charge on any atom is -0.468 e. The van der Waals surface area contributed by atoms with E-state index in [0.717, 1.165) is 35.4 Å². The number of Topliss-reactive ketones (excluding diaryl/α,β-unsaturated/α-hetero) is 1. The quantitative estimate of drug-likeness (QED) is 0.724. The summed E-state index contributed by atoms with van der Waals surface area (Å²) >= 11 is 3.39. The van der Waals surface area contributed by atoms with E-state index in [1.807, 2.05) is 36.4 Å². The Bertz CT molecular complexity index is 634. The van der Waals surface area contributed by atoms with Gasteiger partial charge >= 0.3 is 0 Å². The highest BCUT2D eigenvalue weighted by Gasteiger charge is 2.24. The van der Waals surface area contributed by atoms with Crippen LogP contribution >= 0.6 is 15.9 Å². The van der Waals surface area contributed by atoms with E-state index in [0.29, 0.717) is 6.54 Å². The molecule has 5 heteroatoms. The van der Waals surface area contributed by atoms with Crippen LogP contribution in [0.2, 0.25) is 0 Å². The van der Waals surface area contributed by atoms with Gasteiger partial charge in [-0.15, -0.1) is 0 Å². The number of carbonyl (C=O) groups is 1. The Morgan fingerprint density at radius 3 is 2.58 bits per heavy atom. The maximum atomic E-state index is 12.3. The third kappa shape index (κ3) is 4.56. The first-order chi connectivity index (χ1) is 11.7. The zero-order valence-corrected chi connectivity index (χ0v) is 15.3. The summed E-state index contributed by atoms with van der Waals surface area (Å²) in [6.07, 6.45) is 5.49. The van der Waals surface area contributed by atoms with Crippen molar-refractivity contribution < 1.29 is 9.21 Å². The van der Waals surface area contributed by atoms with E-state index in [-0.39, 0.29) is 11.8 Å². The largest absolute Gasteiger partial charge is 0.468 e. The van der Waals surface area contributed by atoms with Crippen LogP contribution < -0.4 is 5.32 Å². The molecule has 1 unspecified atom stereocenters. The third-order valence-corrected chi connectivity index (χ3v) is 5.02. The molecular formula is C19H23BrN2O2. The van der Waals surface area contributed by atoms with Gasteiger partial charge in [-0.1, -0.05) is 34.5 Å². The first kappa shape index (κ1) is 17.4. The van der Waals surface area contributed by atoms with E-state index in [9.17, 15) is 4.79 Å². The summed E-state index contributed by atoms with van der Waals surface area (Å²) in [6, 6.07) is 11.6. The first-order valence-electron chi connectivity index (χ1n) is 8.51. The normalized spacial score (nSPS) is 16.9. The molecule has 0 spiro atoms. The molecule has 1 aromatic carbocycles. The number of hydrogen-bond acceptors (Lipinski definition) is 4. The molecule has 0 saturated carbocycles. The van der Waals surface area contributed by atoms with Gasteiger partial charge in [0.05, 0.1) is 18.8 Å². The molecule has 1 N–H and O–H groups in total. The van der Waals surface area contributed by atoms with Gasteiger partial charge in [0.2, 0.25) is 0 Å². The molecule has 1 aromatic heterocycles. The highest BCUT2D eigenvalue weighted by Crippen LogP contribution is 2.24. The first-order valence-corrected chi connectivity index (χ1v) is 9.30. The van der Waals surface area contributed by atoms with Gasteiger partial charge in [0.25, 0.3) is 0 Å². The number of rotatable bonds is 7. The minimum atomic E-state index is 0.110. The molecule has 1 aliphatic rings. The summed E-state index contributed by atoms with van der Waals surface area (Å²) < 4.78 is 6.61. The SMILES string of the molecule is O=C(CNCC(c1ccco1)N1CCCCC1)c1ccc(Br)cc1. The number of furan rings is 1.